The maximum absolute atomic E-state index is 6.46. The van der Waals surface area contributed by atoms with Gasteiger partial charge in [-0.25, -0.2) is 0 Å². The van der Waals surface area contributed by atoms with E-state index in [0.717, 1.165) is 41.2 Å². The molecule has 0 saturated carbocycles. The second-order valence-electron chi connectivity index (χ2n) is 7.76. The van der Waals surface area contributed by atoms with Crippen LogP contribution in [0, 0.1) is 0 Å². The molecular weight excluding hydrogens is 392 g/mol. The molecule has 0 fully saturated rings. The quantitative estimate of drug-likeness (QED) is 0.581. The molecule has 0 bridgehead atoms. The van der Waals surface area contributed by atoms with E-state index in [0.29, 0.717) is 0 Å². The summed E-state index contributed by atoms with van der Waals surface area (Å²) in [5.41, 5.74) is 5.96. The van der Waals surface area contributed by atoms with E-state index < -0.39 is 0 Å². The van der Waals surface area contributed by atoms with Gasteiger partial charge in [0.1, 0.15) is 11.0 Å². The minimum absolute atomic E-state index is 0.0610. The van der Waals surface area contributed by atoms with Gasteiger partial charge in [-0.1, -0.05) is 42.1 Å². The van der Waals surface area contributed by atoms with Crippen molar-refractivity contribution in [1.29, 1.82) is 0 Å². The van der Waals surface area contributed by atoms with Crippen LogP contribution in [0.25, 0.3) is 5.70 Å². The van der Waals surface area contributed by atoms with Crippen molar-refractivity contribution < 1.29 is 9.47 Å². The number of ether oxygens (including phenoxy) is 2. The van der Waals surface area contributed by atoms with Crippen LogP contribution in [0.2, 0.25) is 0 Å². The third-order valence-electron chi connectivity index (χ3n) is 5.82. The zero-order valence-corrected chi connectivity index (χ0v) is 17.9. The van der Waals surface area contributed by atoms with Gasteiger partial charge in [0.25, 0.3) is 0 Å². The van der Waals surface area contributed by atoms with Crippen molar-refractivity contribution in [3.8, 4) is 11.5 Å². The number of nitrogens with zero attached hydrogens (tertiary/aromatic N) is 1. The summed E-state index contributed by atoms with van der Waals surface area (Å²) in [7, 11) is 1.69. The van der Waals surface area contributed by atoms with Crippen LogP contribution in [0.3, 0.4) is 0 Å². The summed E-state index contributed by atoms with van der Waals surface area (Å²) in [6.45, 7) is 2.18. The van der Waals surface area contributed by atoms with Gasteiger partial charge in [0.15, 0.2) is 11.5 Å². The summed E-state index contributed by atoms with van der Waals surface area (Å²) in [5.74, 6) is 1.53. The Labute approximate surface area is 181 Å². The first-order valence-corrected chi connectivity index (χ1v) is 11.0. The lowest BCUT2D eigenvalue weighted by atomic mass is 10.1. The van der Waals surface area contributed by atoms with Crippen LogP contribution in [-0.2, 0) is 11.3 Å². The number of methoxy groups -OCH3 is 1. The Hall–Kier alpha value is -2.92. The van der Waals surface area contributed by atoms with E-state index >= 15 is 0 Å². The molecule has 0 radical (unpaired) electrons. The monoisotopic (exact) mass is 416 g/mol. The van der Waals surface area contributed by atoms with Crippen molar-refractivity contribution in [3.63, 3.8) is 0 Å². The van der Waals surface area contributed by atoms with Gasteiger partial charge in [0.05, 0.1) is 7.11 Å². The van der Waals surface area contributed by atoms with Crippen LogP contribution in [0.5, 0.6) is 11.5 Å². The molecule has 30 heavy (non-hydrogen) atoms. The topological polar surface area (TPSA) is 43.4 Å². The summed E-state index contributed by atoms with van der Waals surface area (Å²) in [6, 6.07) is 18.7. The van der Waals surface area contributed by atoms with Gasteiger partial charge in [-0.2, -0.15) is 0 Å². The fourth-order valence-corrected chi connectivity index (χ4v) is 5.12. The number of pyridine rings is 1. The molecule has 2 unspecified atom stereocenters. The SMILES string of the molecule is COc1ccc(C2=CSC(C)(c3cccnc3)N2)cc1OC1CCc2ccccc21. The highest BCUT2D eigenvalue weighted by atomic mass is 32.2. The minimum atomic E-state index is -0.241. The third-order valence-corrected chi connectivity index (χ3v) is 6.98. The molecule has 3 aromatic rings. The van der Waals surface area contributed by atoms with Crippen molar-refractivity contribution in [1.82, 2.24) is 10.3 Å². The van der Waals surface area contributed by atoms with Gasteiger partial charge in [-0.3, -0.25) is 4.98 Å². The summed E-state index contributed by atoms with van der Waals surface area (Å²) >= 11 is 1.75. The zero-order chi connectivity index (χ0) is 20.6. The normalized spacial score (nSPS) is 22.2. The lowest BCUT2D eigenvalue weighted by Crippen LogP contribution is -2.31. The lowest BCUT2D eigenvalue weighted by molar-refractivity contribution is 0.198. The number of aryl methyl sites for hydroxylation is 1. The Kier molecular flexibility index (Phi) is 4.91. The molecule has 1 N–H and O–H groups in total. The Morgan fingerprint density at radius 2 is 2.00 bits per heavy atom. The Bertz CT molecular complexity index is 1100. The first kappa shape index (κ1) is 19.1. The van der Waals surface area contributed by atoms with E-state index in [1.54, 1.807) is 25.1 Å². The second-order valence-corrected chi connectivity index (χ2v) is 9.05. The van der Waals surface area contributed by atoms with Gasteiger partial charge >= 0.3 is 0 Å². The molecule has 2 atom stereocenters. The highest BCUT2D eigenvalue weighted by Crippen LogP contribution is 2.44. The van der Waals surface area contributed by atoms with Crippen LogP contribution in [-0.4, -0.2) is 12.1 Å². The molecule has 5 heteroatoms. The second kappa shape index (κ2) is 7.73. The first-order valence-electron chi connectivity index (χ1n) is 10.2. The van der Waals surface area contributed by atoms with Gasteiger partial charge in [0, 0.05) is 29.2 Å². The molecule has 0 spiro atoms. The molecule has 1 aromatic heterocycles. The number of thioether (sulfide) groups is 1. The fourth-order valence-electron chi connectivity index (χ4n) is 4.15. The van der Waals surface area contributed by atoms with E-state index in [-0.39, 0.29) is 11.0 Å². The first-order chi connectivity index (χ1) is 14.7. The Morgan fingerprint density at radius 1 is 1.10 bits per heavy atom. The third kappa shape index (κ3) is 3.43. The smallest absolute Gasteiger partial charge is 0.162 e. The molecule has 1 aliphatic carbocycles. The molecule has 2 heterocycles. The van der Waals surface area contributed by atoms with Crippen LogP contribution < -0.4 is 14.8 Å². The zero-order valence-electron chi connectivity index (χ0n) is 17.1. The molecule has 5 rings (SSSR count). The molecule has 0 amide bonds. The number of nitrogens with one attached hydrogen (secondary N) is 1. The van der Waals surface area contributed by atoms with E-state index in [9.17, 15) is 0 Å². The van der Waals surface area contributed by atoms with Crippen LogP contribution in [0.15, 0.2) is 72.4 Å². The maximum atomic E-state index is 6.46. The van der Waals surface area contributed by atoms with E-state index in [2.05, 4.69) is 65.1 Å². The molecule has 2 aromatic carbocycles. The number of hydrogen-bond donors (Lipinski definition) is 1. The highest BCUT2D eigenvalue weighted by Gasteiger charge is 2.33. The van der Waals surface area contributed by atoms with E-state index in [1.807, 2.05) is 18.3 Å². The highest BCUT2D eigenvalue weighted by molar-refractivity contribution is 8.03. The number of hydrogen-bond acceptors (Lipinski definition) is 5. The predicted molar refractivity (Wildman–Crippen MR) is 121 cm³/mol. The number of benzene rings is 2. The number of aromatic nitrogens is 1. The van der Waals surface area contributed by atoms with Crippen molar-refractivity contribution >= 4 is 17.5 Å². The number of fused-ring (bicyclic) bond motifs is 1. The minimum Gasteiger partial charge on any atom is -0.493 e. The average Bonchev–Trinajstić information content (AvgIpc) is 3.39. The van der Waals surface area contributed by atoms with Crippen molar-refractivity contribution in [2.24, 2.45) is 0 Å². The van der Waals surface area contributed by atoms with Crippen LogP contribution >= 0.6 is 11.8 Å². The summed E-state index contributed by atoms with van der Waals surface area (Å²) in [6.07, 6.45) is 5.82. The molecule has 152 valence electrons. The average molecular weight is 417 g/mol. The maximum Gasteiger partial charge on any atom is 0.162 e. The molecule has 2 aliphatic rings. The molecule has 0 saturated heterocycles. The van der Waals surface area contributed by atoms with Crippen molar-refractivity contribution in [3.05, 3.63) is 94.7 Å². The number of rotatable bonds is 5. The van der Waals surface area contributed by atoms with Crippen molar-refractivity contribution in [2.45, 2.75) is 30.7 Å². The van der Waals surface area contributed by atoms with Crippen LogP contribution in [0.4, 0.5) is 0 Å². The van der Waals surface area contributed by atoms with Gasteiger partial charge in [0.2, 0.25) is 0 Å². The molecule has 1 aliphatic heterocycles. The molecule has 4 nitrogen and oxygen atoms in total. The van der Waals surface area contributed by atoms with Crippen LogP contribution in [0.1, 0.15) is 41.7 Å². The van der Waals surface area contributed by atoms with Gasteiger partial charge in [-0.05, 0) is 60.6 Å². The van der Waals surface area contributed by atoms with Gasteiger partial charge < -0.3 is 14.8 Å². The van der Waals surface area contributed by atoms with Gasteiger partial charge in [-0.15, -0.1) is 0 Å². The lowest BCUT2D eigenvalue weighted by Gasteiger charge is -2.26. The predicted octanol–water partition coefficient (Wildman–Crippen LogP) is 5.66. The Balaban J connectivity index is 1.40. The largest absolute Gasteiger partial charge is 0.493 e. The van der Waals surface area contributed by atoms with Crippen molar-refractivity contribution in [2.75, 3.05) is 7.11 Å². The Morgan fingerprint density at radius 3 is 2.83 bits per heavy atom. The molecular formula is C25H24N2O2S. The summed E-state index contributed by atoms with van der Waals surface area (Å²) < 4.78 is 12.1. The van der Waals surface area contributed by atoms with E-state index in [1.165, 1.54) is 11.1 Å². The van der Waals surface area contributed by atoms with E-state index in [4.69, 9.17) is 9.47 Å². The standard InChI is InChI=1S/C25H24N2O2S/c1-25(19-7-5-13-26-15-19)27-21(16-30-25)18-10-12-23(28-2)24(14-18)29-22-11-9-17-6-3-4-8-20(17)22/h3-8,10,12-16,22,27H,9,11H2,1-2H3. The summed E-state index contributed by atoms with van der Waals surface area (Å²) in [4.78, 5) is 4.03. The summed E-state index contributed by atoms with van der Waals surface area (Å²) in [5, 5.41) is 5.83. The fraction of sp³-hybridized carbons (Fsp3) is 0.240.